The maximum atomic E-state index is 15.1. The molecule has 1 heterocycles. The number of benzene rings is 1. The van der Waals surface area contributed by atoms with Gasteiger partial charge in [0.2, 0.25) is 5.91 Å². The van der Waals surface area contributed by atoms with E-state index in [4.69, 9.17) is 9.47 Å². The van der Waals surface area contributed by atoms with Crippen molar-refractivity contribution in [1.29, 1.82) is 0 Å². The number of aliphatic hydroxyl groups is 1. The van der Waals surface area contributed by atoms with E-state index in [2.05, 4.69) is 0 Å². The first-order valence-electron chi connectivity index (χ1n) is 11.5. The Hall–Kier alpha value is -2.35. The van der Waals surface area contributed by atoms with Gasteiger partial charge in [0.25, 0.3) is 0 Å². The summed E-state index contributed by atoms with van der Waals surface area (Å²) in [4.78, 5) is 29.4. The van der Waals surface area contributed by atoms with Crippen molar-refractivity contribution in [2.45, 2.75) is 92.1 Å². The van der Waals surface area contributed by atoms with E-state index >= 15 is 4.39 Å². The van der Waals surface area contributed by atoms with Crippen LogP contribution in [0.2, 0.25) is 0 Å². The number of amides is 2. The summed E-state index contributed by atoms with van der Waals surface area (Å²) in [5.41, 5.74) is -0.530. The second-order valence-corrected chi connectivity index (χ2v) is 10.7. The molecule has 1 unspecified atom stereocenters. The molecule has 8 heteroatoms. The van der Waals surface area contributed by atoms with Crippen LogP contribution in [0.5, 0.6) is 5.75 Å². The second kappa shape index (κ2) is 10.3. The predicted molar refractivity (Wildman–Crippen MR) is 124 cm³/mol. The Morgan fingerprint density at radius 1 is 1.15 bits per heavy atom. The van der Waals surface area contributed by atoms with E-state index in [1.165, 1.54) is 21.9 Å². The molecule has 2 amide bonds. The first-order chi connectivity index (χ1) is 15.2. The quantitative estimate of drug-likeness (QED) is 0.599. The lowest BCUT2D eigenvalue weighted by Crippen LogP contribution is -2.52. The fraction of sp³-hybridized carbons (Fsp3) is 0.680. The molecular weight excluding hydrogens is 427 g/mol. The van der Waals surface area contributed by atoms with Crippen molar-refractivity contribution in [1.82, 2.24) is 9.80 Å². The third-order valence-electron chi connectivity index (χ3n) is 5.55. The largest absolute Gasteiger partial charge is 0.493 e. The standard InChI is InChI=1S/C25H39FN2O5/c1-9-10-11-32-20-14-18(26)16(12-17(20)15-29)13-19-21(30)27(8)22(24(2,3)4)28(19)23(31)33-25(5,6)7/h12,14,19,22,29H,9-11,13,15H2,1-8H3/t19?,22-/m0/s1. The number of hydrogen-bond donors (Lipinski definition) is 1. The second-order valence-electron chi connectivity index (χ2n) is 10.7. The first kappa shape index (κ1) is 26.9. The number of hydrogen-bond acceptors (Lipinski definition) is 5. The smallest absolute Gasteiger partial charge is 0.412 e. The molecule has 2 atom stereocenters. The molecule has 0 spiro atoms. The van der Waals surface area contributed by atoms with E-state index in [0.29, 0.717) is 17.9 Å². The molecule has 33 heavy (non-hydrogen) atoms. The fourth-order valence-electron chi connectivity index (χ4n) is 4.16. The molecule has 1 aromatic rings. The predicted octanol–water partition coefficient (Wildman–Crippen LogP) is 4.49. The highest BCUT2D eigenvalue weighted by molar-refractivity contribution is 5.89. The van der Waals surface area contributed by atoms with Crippen molar-refractivity contribution < 1.29 is 28.6 Å². The summed E-state index contributed by atoms with van der Waals surface area (Å²) < 4.78 is 26.3. The van der Waals surface area contributed by atoms with Gasteiger partial charge in [-0.05, 0) is 38.8 Å². The van der Waals surface area contributed by atoms with E-state index in [-0.39, 0.29) is 24.5 Å². The van der Waals surface area contributed by atoms with Crippen LogP contribution < -0.4 is 4.74 Å². The van der Waals surface area contributed by atoms with Crippen LogP contribution in [-0.4, -0.2) is 58.4 Å². The molecule has 0 saturated carbocycles. The van der Waals surface area contributed by atoms with Gasteiger partial charge in [-0.1, -0.05) is 34.1 Å². The first-order valence-corrected chi connectivity index (χ1v) is 11.5. The van der Waals surface area contributed by atoms with Gasteiger partial charge in [0.05, 0.1) is 13.2 Å². The van der Waals surface area contributed by atoms with Crippen LogP contribution in [0.4, 0.5) is 9.18 Å². The highest BCUT2D eigenvalue weighted by atomic mass is 19.1. The Bertz CT molecular complexity index is 860. The average Bonchev–Trinajstić information content (AvgIpc) is 2.93. The number of nitrogens with zero attached hydrogens (tertiary/aromatic N) is 2. The van der Waals surface area contributed by atoms with Gasteiger partial charge in [0.15, 0.2) is 0 Å². The third kappa shape index (κ3) is 6.37. The van der Waals surface area contributed by atoms with Crippen molar-refractivity contribution in [3.63, 3.8) is 0 Å². The SMILES string of the molecule is CCCCOc1cc(F)c(CC2C(=O)N(C)[C@H](C(C)(C)C)N2C(=O)OC(C)(C)C)cc1CO. The Balaban J connectivity index is 2.43. The Kier molecular flexibility index (Phi) is 8.38. The molecule has 1 N–H and O–H groups in total. The van der Waals surface area contributed by atoms with Crippen molar-refractivity contribution in [3.8, 4) is 5.75 Å². The minimum atomic E-state index is -0.929. The lowest BCUT2D eigenvalue weighted by molar-refractivity contribution is -0.129. The van der Waals surface area contributed by atoms with Crippen LogP contribution in [0.3, 0.4) is 0 Å². The summed E-state index contributed by atoms with van der Waals surface area (Å²) >= 11 is 0. The molecule has 1 fully saturated rings. The number of ether oxygens (including phenoxy) is 2. The van der Waals surface area contributed by atoms with E-state index in [1.54, 1.807) is 27.8 Å². The lowest BCUT2D eigenvalue weighted by atomic mass is 9.91. The van der Waals surface area contributed by atoms with Gasteiger partial charge in [-0.3, -0.25) is 9.69 Å². The highest BCUT2D eigenvalue weighted by Crippen LogP contribution is 2.37. The van der Waals surface area contributed by atoms with Crippen molar-refractivity contribution in [2.24, 2.45) is 5.41 Å². The van der Waals surface area contributed by atoms with Crippen molar-refractivity contribution in [3.05, 3.63) is 29.1 Å². The summed E-state index contributed by atoms with van der Waals surface area (Å²) in [7, 11) is 1.65. The van der Waals surface area contributed by atoms with Crippen LogP contribution in [-0.2, 0) is 22.6 Å². The van der Waals surface area contributed by atoms with Gasteiger partial charge in [-0.25, -0.2) is 9.18 Å². The number of carbonyl (C=O) groups excluding carboxylic acids is 2. The van der Waals surface area contributed by atoms with Crippen molar-refractivity contribution in [2.75, 3.05) is 13.7 Å². The number of likely N-dealkylation sites (N-methyl/N-ethyl adjacent to an activating group) is 1. The highest BCUT2D eigenvalue weighted by Gasteiger charge is 2.52. The number of aliphatic hydroxyl groups excluding tert-OH is 1. The molecular formula is C25H39FN2O5. The lowest BCUT2D eigenvalue weighted by Gasteiger charge is -2.39. The van der Waals surface area contributed by atoms with E-state index < -0.39 is 35.1 Å². The number of halogens is 1. The van der Waals surface area contributed by atoms with Crippen LogP contribution >= 0.6 is 0 Å². The number of carbonyl (C=O) groups is 2. The minimum absolute atomic E-state index is 0.0386. The Morgan fingerprint density at radius 3 is 2.30 bits per heavy atom. The van der Waals surface area contributed by atoms with Gasteiger partial charge in [0.1, 0.15) is 29.4 Å². The summed E-state index contributed by atoms with van der Waals surface area (Å²) in [6.45, 7) is 13.2. The van der Waals surface area contributed by atoms with Crippen molar-refractivity contribution >= 4 is 12.0 Å². The van der Waals surface area contributed by atoms with Gasteiger partial charge in [-0.15, -0.1) is 0 Å². The van der Waals surface area contributed by atoms with Gasteiger partial charge in [-0.2, -0.15) is 0 Å². The van der Waals surface area contributed by atoms with E-state index in [9.17, 15) is 14.7 Å². The molecule has 1 aromatic carbocycles. The van der Waals surface area contributed by atoms with E-state index in [1.807, 2.05) is 27.7 Å². The normalized spacial score (nSPS) is 19.3. The van der Waals surface area contributed by atoms with Gasteiger partial charge in [0, 0.05) is 30.5 Å². The van der Waals surface area contributed by atoms with Crippen LogP contribution in [0.1, 0.15) is 72.4 Å². The molecule has 7 nitrogen and oxygen atoms in total. The summed E-state index contributed by atoms with van der Waals surface area (Å²) in [6, 6.07) is 1.84. The monoisotopic (exact) mass is 466 g/mol. The zero-order valence-electron chi connectivity index (χ0n) is 21.2. The van der Waals surface area contributed by atoms with Gasteiger partial charge >= 0.3 is 6.09 Å². The minimum Gasteiger partial charge on any atom is -0.493 e. The van der Waals surface area contributed by atoms with E-state index in [0.717, 1.165) is 12.8 Å². The molecule has 0 aliphatic carbocycles. The maximum absolute atomic E-state index is 15.1. The third-order valence-corrected chi connectivity index (χ3v) is 5.55. The maximum Gasteiger partial charge on any atom is 0.412 e. The molecule has 0 aromatic heterocycles. The number of rotatable bonds is 7. The molecule has 0 bridgehead atoms. The molecule has 1 aliphatic heterocycles. The zero-order valence-corrected chi connectivity index (χ0v) is 21.2. The molecule has 0 radical (unpaired) electrons. The van der Waals surface area contributed by atoms with Crippen LogP contribution in [0.25, 0.3) is 0 Å². The topological polar surface area (TPSA) is 79.3 Å². The van der Waals surface area contributed by atoms with Crippen LogP contribution in [0.15, 0.2) is 12.1 Å². The Morgan fingerprint density at radius 2 is 1.79 bits per heavy atom. The molecule has 1 aliphatic rings. The Labute approximate surface area is 196 Å². The molecule has 1 saturated heterocycles. The summed E-state index contributed by atoms with van der Waals surface area (Å²) in [6.07, 6.45) is 0.537. The number of unbranched alkanes of at least 4 members (excludes halogenated alkanes) is 1. The molecule has 2 rings (SSSR count). The zero-order chi connectivity index (χ0) is 25.1. The molecule has 186 valence electrons. The summed E-state index contributed by atoms with van der Waals surface area (Å²) in [5, 5.41) is 9.80. The summed E-state index contributed by atoms with van der Waals surface area (Å²) in [5.74, 6) is -0.537. The van der Waals surface area contributed by atoms with Crippen LogP contribution in [0, 0.1) is 11.2 Å². The average molecular weight is 467 g/mol. The fourth-order valence-corrected chi connectivity index (χ4v) is 4.16. The van der Waals surface area contributed by atoms with Gasteiger partial charge < -0.3 is 19.5 Å².